The first kappa shape index (κ1) is 16.8. The van der Waals surface area contributed by atoms with Crippen LogP contribution in [0.2, 0.25) is 0 Å². The van der Waals surface area contributed by atoms with Crippen LogP contribution in [0.15, 0.2) is 42.5 Å². The van der Waals surface area contributed by atoms with Crippen LogP contribution in [-0.4, -0.2) is 18.1 Å². The quantitative estimate of drug-likeness (QED) is 0.765. The van der Waals surface area contributed by atoms with Crippen molar-refractivity contribution in [1.29, 1.82) is 0 Å². The Labute approximate surface area is 136 Å². The number of aliphatic hydroxyl groups is 1. The fraction of sp³-hybridized carbons (Fsp3) is 0.278. The first-order valence-corrected chi connectivity index (χ1v) is 7.45. The van der Waals surface area contributed by atoms with Gasteiger partial charge in [0.25, 0.3) is 0 Å². The van der Waals surface area contributed by atoms with E-state index < -0.39 is 0 Å². The Morgan fingerprint density at radius 2 is 2.00 bits per heavy atom. The summed E-state index contributed by atoms with van der Waals surface area (Å²) in [5.74, 6) is 0.573. The monoisotopic (exact) mass is 314 g/mol. The van der Waals surface area contributed by atoms with Crippen molar-refractivity contribution in [3.8, 4) is 5.75 Å². The number of hydrogen-bond donors (Lipinski definition) is 3. The van der Waals surface area contributed by atoms with E-state index in [0.29, 0.717) is 5.75 Å². The van der Waals surface area contributed by atoms with Crippen LogP contribution in [0.25, 0.3) is 0 Å². The molecular formula is C18H22N2O3. The van der Waals surface area contributed by atoms with Crippen molar-refractivity contribution in [3.05, 3.63) is 53.6 Å². The van der Waals surface area contributed by atoms with Crippen LogP contribution in [0, 0.1) is 0 Å². The van der Waals surface area contributed by atoms with Gasteiger partial charge in [-0.1, -0.05) is 12.1 Å². The number of carbonyl (C=O) groups excluding carboxylic acids is 1. The molecule has 2 aromatic rings. The molecule has 1 atom stereocenters. The molecule has 0 aromatic heterocycles. The molecular weight excluding hydrogens is 292 g/mol. The third kappa shape index (κ3) is 4.47. The van der Waals surface area contributed by atoms with Gasteiger partial charge < -0.3 is 20.5 Å². The number of aliphatic hydroxyl groups excluding tert-OH is 1. The second kappa shape index (κ2) is 7.65. The number of carbonyl (C=O) groups is 1. The molecule has 0 aliphatic heterocycles. The third-order valence-corrected chi connectivity index (χ3v) is 3.54. The minimum absolute atomic E-state index is 0.0450. The van der Waals surface area contributed by atoms with Crippen LogP contribution in [0.1, 0.15) is 31.0 Å². The molecule has 23 heavy (non-hydrogen) atoms. The zero-order valence-electron chi connectivity index (χ0n) is 13.6. The van der Waals surface area contributed by atoms with E-state index in [1.807, 2.05) is 49.4 Å². The molecule has 1 unspecified atom stereocenters. The number of hydrogen-bond acceptors (Lipinski definition) is 4. The molecule has 5 nitrogen and oxygen atoms in total. The summed E-state index contributed by atoms with van der Waals surface area (Å²) in [7, 11) is 1.58. The lowest BCUT2D eigenvalue weighted by Gasteiger charge is -2.18. The fourth-order valence-electron chi connectivity index (χ4n) is 2.41. The summed E-state index contributed by atoms with van der Waals surface area (Å²) < 4.78 is 5.21. The van der Waals surface area contributed by atoms with Gasteiger partial charge in [-0.2, -0.15) is 0 Å². The lowest BCUT2D eigenvalue weighted by Crippen LogP contribution is -2.09. The maximum Gasteiger partial charge on any atom is 0.221 e. The van der Waals surface area contributed by atoms with E-state index in [4.69, 9.17) is 4.74 Å². The van der Waals surface area contributed by atoms with Crippen molar-refractivity contribution in [1.82, 2.24) is 0 Å². The van der Waals surface area contributed by atoms with E-state index in [9.17, 15) is 9.90 Å². The first-order chi connectivity index (χ1) is 11.0. The highest BCUT2D eigenvalue weighted by Gasteiger charge is 2.09. The first-order valence-electron chi connectivity index (χ1n) is 7.45. The number of ether oxygens (including phenoxy) is 1. The molecule has 1 amide bonds. The number of nitrogens with one attached hydrogen (secondary N) is 2. The Morgan fingerprint density at radius 1 is 1.22 bits per heavy atom. The zero-order valence-corrected chi connectivity index (χ0v) is 13.6. The minimum atomic E-state index is -0.0921. The molecule has 0 aliphatic rings. The van der Waals surface area contributed by atoms with Crippen molar-refractivity contribution < 1.29 is 14.6 Å². The van der Waals surface area contributed by atoms with Gasteiger partial charge in [0.15, 0.2) is 0 Å². The van der Waals surface area contributed by atoms with Gasteiger partial charge in [-0.15, -0.1) is 0 Å². The highest BCUT2D eigenvalue weighted by molar-refractivity contribution is 5.88. The van der Waals surface area contributed by atoms with Gasteiger partial charge in [0.1, 0.15) is 5.75 Å². The van der Waals surface area contributed by atoms with Crippen LogP contribution in [-0.2, 0) is 11.4 Å². The minimum Gasteiger partial charge on any atom is -0.496 e. The molecule has 122 valence electrons. The highest BCUT2D eigenvalue weighted by atomic mass is 16.5. The molecule has 0 spiro atoms. The largest absolute Gasteiger partial charge is 0.496 e. The Kier molecular flexibility index (Phi) is 5.60. The lowest BCUT2D eigenvalue weighted by atomic mass is 10.1. The molecule has 2 rings (SSSR count). The molecule has 5 heteroatoms. The van der Waals surface area contributed by atoms with Gasteiger partial charge in [0, 0.05) is 29.9 Å². The Balaban J connectivity index is 2.15. The number of methoxy groups -OCH3 is 1. The molecule has 0 fully saturated rings. The lowest BCUT2D eigenvalue weighted by molar-refractivity contribution is -0.114. The summed E-state index contributed by atoms with van der Waals surface area (Å²) in [4.78, 5) is 11.2. The third-order valence-electron chi connectivity index (χ3n) is 3.54. The Bertz CT molecular complexity index is 686. The standard InChI is InChI=1S/C18H22N2O3/c1-12(14-5-4-6-16(9-14)20-13(2)22)19-17-7-8-18(23-3)15(10-17)11-21/h4-10,12,19,21H,11H2,1-3H3,(H,20,22). The van der Waals surface area contributed by atoms with Gasteiger partial charge in [-0.25, -0.2) is 0 Å². The summed E-state index contributed by atoms with van der Waals surface area (Å²) >= 11 is 0. The predicted molar refractivity (Wildman–Crippen MR) is 91.7 cm³/mol. The van der Waals surface area contributed by atoms with E-state index in [1.54, 1.807) is 7.11 Å². The number of rotatable bonds is 6. The summed E-state index contributed by atoms with van der Waals surface area (Å²) in [5.41, 5.74) is 3.45. The highest BCUT2D eigenvalue weighted by Crippen LogP contribution is 2.26. The molecule has 3 N–H and O–H groups in total. The van der Waals surface area contributed by atoms with Gasteiger partial charge >= 0.3 is 0 Å². The van der Waals surface area contributed by atoms with Crippen LogP contribution in [0.3, 0.4) is 0 Å². The van der Waals surface area contributed by atoms with Crippen LogP contribution in [0.5, 0.6) is 5.75 Å². The van der Waals surface area contributed by atoms with E-state index in [-0.39, 0.29) is 18.6 Å². The van der Waals surface area contributed by atoms with Gasteiger partial charge in [0.2, 0.25) is 5.91 Å². The SMILES string of the molecule is COc1ccc(NC(C)c2cccc(NC(C)=O)c2)cc1CO. The van der Waals surface area contributed by atoms with Gasteiger partial charge in [-0.3, -0.25) is 4.79 Å². The summed E-state index contributed by atoms with van der Waals surface area (Å²) in [6, 6.07) is 13.4. The van der Waals surface area contributed by atoms with Gasteiger partial charge in [-0.05, 0) is 42.8 Å². The number of benzene rings is 2. The average Bonchev–Trinajstić information content (AvgIpc) is 2.54. The van der Waals surface area contributed by atoms with Crippen LogP contribution in [0.4, 0.5) is 11.4 Å². The van der Waals surface area contributed by atoms with Crippen molar-refractivity contribution in [2.75, 3.05) is 17.7 Å². The molecule has 2 aromatic carbocycles. The van der Waals surface area contributed by atoms with E-state index in [2.05, 4.69) is 10.6 Å². The molecule has 0 heterocycles. The van der Waals surface area contributed by atoms with E-state index in [1.165, 1.54) is 6.92 Å². The van der Waals surface area contributed by atoms with Crippen LogP contribution < -0.4 is 15.4 Å². The second-order valence-electron chi connectivity index (χ2n) is 5.36. The summed E-state index contributed by atoms with van der Waals surface area (Å²) in [5, 5.41) is 15.6. The van der Waals surface area contributed by atoms with Crippen molar-refractivity contribution in [2.24, 2.45) is 0 Å². The van der Waals surface area contributed by atoms with Crippen molar-refractivity contribution in [3.63, 3.8) is 0 Å². The Hall–Kier alpha value is -2.53. The normalized spacial score (nSPS) is 11.7. The number of anilines is 2. The maximum absolute atomic E-state index is 11.2. The fourth-order valence-corrected chi connectivity index (χ4v) is 2.41. The van der Waals surface area contributed by atoms with E-state index >= 15 is 0 Å². The predicted octanol–water partition coefficient (Wildman–Crippen LogP) is 3.32. The van der Waals surface area contributed by atoms with Crippen LogP contribution >= 0.6 is 0 Å². The molecule has 0 saturated carbocycles. The maximum atomic E-state index is 11.2. The average molecular weight is 314 g/mol. The van der Waals surface area contributed by atoms with Crippen molar-refractivity contribution in [2.45, 2.75) is 26.5 Å². The van der Waals surface area contributed by atoms with Gasteiger partial charge in [0.05, 0.1) is 13.7 Å². The summed E-state index contributed by atoms with van der Waals surface area (Å²) in [6.07, 6.45) is 0. The molecule has 0 aliphatic carbocycles. The number of amides is 1. The zero-order chi connectivity index (χ0) is 16.8. The molecule has 0 bridgehead atoms. The molecule has 0 radical (unpaired) electrons. The van der Waals surface area contributed by atoms with Crippen molar-refractivity contribution >= 4 is 17.3 Å². The topological polar surface area (TPSA) is 70.6 Å². The second-order valence-corrected chi connectivity index (χ2v) is 5.36. The molecule has 0 saturated heterocycles. The smallest absolute Gasteiger partial charge is 0.221 e. The van der Waals surface area contributed by atoms with E-state index in [0.717, 1.165) is 22.5 Å². The Morgan fingerprint density at radius 3 is 2.65 bits per heavy atom. The summed E-state index contributed by atoms with van der Waals surface area (Å²) in [6.45, 7) is 3.45.